The van der Waals surface area contributed by atoms with Crippen molar-refractivity contribution in [2.45, 2.75) is 77.5 Å². The fourth-order valence-corrected chi connectivity index (χ4v) is 3.93. The summed E-state index contributed by atoms with van der Waals surface area (Å²) in [6.45, 7) is 11.3. The molecule has 3 heteroatoms. The Morgan fingerprint density at radius 1 is 1.10 bits per heavy atom. The van der Waals surface area contributed by atoms with E-state index in [0.29, 0.717) is 6.10 Å². The van der Waals surface area contributed by atoms with Gasteiger partial charge in [0.25, 0.3) is 0 Å². The Balaban J connectivity index is 1.86. The lowest BCUT2D eigenvalue weighted by Crippen LogP contribution is -2.55. The van der Waals surface area contributed by atoms with E-state index in [-0.39, 0.29) is 0 Å². The van der Waals surface area contributed by atoms with E-state index in [1.807, 2.05) is 0 Å². The summed E-state index contributed by atoms with van der Waals surface area (Å²) in [6, 6.07) is 1.47. The molecule has 1 heterocycles. The molecule has 1 aliphatic carbocycles. The summed E-state index contributed by atoms with van der Waals surface area (Å²) in [4.78, 5) is 2.75. The molecule has 2 fully saturated rings. The van der Waals surface area contributed by atoms with Crippen molar-refractivity contribution in [1.29, 1.82) is 0 Å². The standard InChI is InChI=1S/C17H34N2O/c1-4-10-18-16-7-6-14(3)13-17(16)19-11-8-15(9-12-19)20-5-2/h14-18H,4-13H2,1-3H3. The van der Waals surface area contributed by atoms with E-state index < -0.39 is 0 Å². The zero-order valence-electron chi connectivity index (χ0n) is 13.7. The van der Waals surface area contributed by atoms with Crippen molar-refractivity contribution in [2.24, 2.45) is 5.92 Å². The van der Waals surface area contributed by atoms with Crippen LogP contribution in [0, 0.1) is 5.92 Å². The van der Waals surface area contributed by atoms with Gasteiger partial charge in [-0.2, -0.15) is 0 Å². The van der Waals surface area contributed by atoms with Crippen molar-refractivity contribution in [1.82, 2.24) is 10.2 Å². The summed E-state index contributed by atoms with van der Waals surface area (Å²) < 4.78 is 5.79. The van der Waals surface area contributed by atoms with Crippen LogP contribution < -0.4 is 5.32 Å². The van der Waals surface area contributed by atoms with E-state index in [1.54, 1.807) is 0 Å². The van der Waals surface area contributed by atoms with Crippen LogP contribution in [0.3, 0.4) is 0 Å². The highest BCUT2D eigenvalue weighted by Gasteiger charge is 2.34. The number of ether oxygens (including phenoxy) is 1. The molecule has 3 atom stereocenters. The minimum Gasteiger partial charge on any atom is -0.378 e. The molecular formula is C17H34N2O. The molecular weight excluding hydrogens is 248 g/mol. The van der Waals surface area contributed by atoms with Gasteiger partial charge >= 0.3 is 0 Å². The average molecular weight is 282 g/mol. The summed E-state index contributed by atoms with van der Waals surface area (Å²) in [7, 11) is 0. The van der Waals surface area contributed by atoms with Gasteiger partial charge < -0.3 is 10.1 Å². The summed E-state index contributed by atoms with van der Waals surface area (Å²) >= 11 is 0. The molecule has 0 aromatic carbocycles. The molecule has 3 nitrogen and oxygen atoms in total. The van der Waals surface area contributed by atoms with Crippen LogP contribution in [-0.2, 0) is 4.74 Å². The summed E-state index contributed by atoms with van der Waals surface area (Å²) in [5, 5.41) is 3.80. The third-order valence-electron chi connectivity index (χ3n) is 5.08. The van der Waals surface area contributed by atoms with Crippen LogP contribution in [0.25, 0.3) is 0 Å². The maximum atomic E-state index is 5.79. The van der Waals surface area contributed by atoms with Gasteiger partial charge in [0.15, 0.2) is 0 Å². The number of nitrogens with zero attached hydrogens (tertiary/aromatic N) is 1. The first-order valence-corrected chi connectivity index (χ1v) is 8.83. The van der Waals surface area contributed by atoms with Crippen molar-refractivity contribution in [2.75, 3.05) is 26.2 Å². The first kappa shape index (κ1) is 16.3. The minimum atomic E-state index is 0.513. The van der Waals surface area contributed by atoms with Gasteiger partial charge in [-0.1, -0.05) is 13.8 Å². The molecule has 1 N–H and O–H groups in total. The number of hydrogen-bond acceptors (Lipinski definition) is 3. The summed E-state index contributed by atoms with van der Waals surface area (Å²) in [6.07, 6.45) is 8.33. The van der Waals surface area contributed by atoms with Crippen LogP contribution in [0.2, 0.25) is 0 Å². The first-order chi connectivity index (χ1) is 9.74. The van der Waals surface area contributed by atoms with Crippen molar-refractivity contribution in [3.63, 3.8) is 0 Å². The molecule has 0 spiro atoms. The second-order valence-corrected chi connectivity index (χ2v) is 6.74. The van der Waals surface area contributed by atoms with Crippen molar-refractivity contribution < 1.29 is 4.74 Å². The van der Waals surface area contributed by atoms with Crippen LogP contribution in [0.5, 0.6) is 0 Å². The van der Waals surface area contributed by atoms with Crippen molar-refractivity contribution in [3.05, 3.63) is 0 Å². The number of rotatable bonds is 6. The van der Waals surface area contributed by atoms with Gasteiger partial charge in [0, 0.05) is 31.8 Å². The van der Waals surface area contributed by atoms with Gasteiger partial charge in [0.1, 0.15) is 0 Å². The third-order valence-corrected chi connectivity index (χ3v) is 5.08. The Morgan fingerprint density at radius 2 is 1.85 bits per heavy atom. The highest BCUT2D eigenvalue weighted by atomic mass is 16.5. The zero-order valence-corrected chi connectivity index (χ0v) is 13.7. The molecule has 1 saturated carbocycles. The van der Waals surface area contributed by atoms with Crippen LogP contribution in [0.1, 0.15) is 59.3 Å². The molecule has 0 radical (unpaired) electrons. The first-order valence-electron chi connectivity index (χ1n) is 8.83. The fourth-order valence-electron chi connectivity index (χ4n) is 3.93. The van der Waals surface area contributed by atoms with E-state index in [1.165, 1.54) is 58.2 Å². The molecule has 2 rings (SSSR count). The van der Waals surface area contributed by atoms with E-state index in [4.69, 9.17) is 4.74 Å². The molecule has 118 valence electrons. The van der Waals surface area contributed by atoms with Gasteiger partial charge in [-0.15, -0.1) is 0 Å². The quantitative estimate of drug-likeness (QED) is 0.810. The van der Waals surface area contributed by atoms with Gasteiger partial charge in [0.05, 0.1) is 6.10 Å². The highest BCUT2D eigenvalue weighted by Crippen LogP contribution is 2.30. The maximum absolute atomic E-state index is 5.79. The molecule has 0 aromatic rings. The van der Waals surface area contributed by atoms with Crippen LogP contribution in [0.4, 0.5) is 0 Å². The number of likely N-dealkylation sites (tertiary alicyclic amines) is 1. The highest BCUT2D eigenvalue weighted by molar-refractivity contribution is 4.92. The lowest BCUT2D eigenvalue weighted by Gasteiger charge is -2.45. The molecule has 0 aromatic heterocycles. The lowest BCUT2D eigenvalue weighted by atomic mass is 9.81. The Labute approximate surface area is 125 Å². The molecule has 1 saturated heterocycles. The van der Waals surface area contributed by atoms with E-state index in [0.717, 1.165) is 24.6 Å². The SMILES string of the molecule is CCCNC1CCC(C)CC1N1CCC(OCC)CC1. The van der Waals surface area contributed by atoms with Crippen molar-refractivity contribution >= 4 is 0 Å². The van der Waals surface area contributed by atoms with Crippen molar-refractivity contribution in [3.8, 4) is 0 Å². The topological polar surface area (TPSA) is 24.5 Å². The largest absolute Gasteiger partial charge is 0.378 e. The average Bonchev–Trinajstić information content (AvgIpc) is 2.47. The second kappa shape index (κ2) is 8.35. The predicted molar refractivity (Wildman–Crippen MR) is 85.1 cm³/mol. The Bertz CT molecular complexity index is 262. The Hall–Kier alpha value is -0.120. The van der Waals surface area contributed by atoms with Crippen LogP contribution >= 0.6 is 0 Å². The molecule has 2 aliphatic rings. The smallest absolute Gasteiger partial charge is 0.0599 e. The second-order valence-electron chi connectivity index (χ2n) is 6.74. The van der Waals surface area contributed by atoms with E-state index in [2.05, 4.69) is 31.0 Å². The van der Waals surface area contributed by atoms with Gasteiger partial charge in [-0.05, 0) is 57.9 Å². The maximum Gasteiger partial charge on any atom is 0.0599 e. The normalized spacial score (nSPS) is 33.5. The number of piperidine rings is 1. The predicted octanol–water partition coefficient (Wildman–Crippen LogP) is 3.04. The Morgan fingerprint density at radius 3 is 2.50 bits per heavy atom. The van der Waals surface area contributed by atoms with Gasteiger partial charge in [0.2, 0.25) is 0 Å². The van der Waals surface area contributed by atoms with Crippen LogP contribution in [0.15, 0.2) is 0 Å². The molecule has 0 bridgehead atoms. The van der Waals surface area contributed by atoms with Gasteiger partial charge in [-0.25, -0.2) is 0 Å². The molecule has 0 amide bonds. The third kappa shape index (κ3) is 4.44. The summed E-state index contributed by atoms with van der Waals surface area (Å²) in [5.74, 6) is 0.893. The lowest BCUT2D eigenvalue weighted by molar-refractivity contribution is -0.00891. The Kier molecular flexibility index (Phi) is 6.79. The molecule has 1 aliphatic heterocycles. The van der Waals surface area contributed by atoms with Gasteiger partial charge in [-0.3, -0.25) is 4.90 Å². The summed E-state index contributed by atoms with van der Waals surface area (Å²) in [5.41, 5.74) is 0. The van der Waals surface area contributed by atoms with E-state index in [9.17, 15) is 0 Å². The van der Waals surface area contributed by atoms with Crippen LogP contribution in [-0.4, -0.2) is 49.3 Å². The number of nitrogens with one attached hydrogen (secondary N) is 1. The monoisotopic (exact) mass is 282 g/mol. The zero-order chi connectivity index (χ0) is 14.4. The van der Waals surface area contributed by atoms with E-state index >= 15 is 0 Å². The fraction of sp³-hybridized carbons (Fsp3) is 1.00. The number of hydrogen-bond donors (Lipinski definition) is 1. The minimum absolute atomic E-state index is 0.513. The molecule has 20 heavy (non-hydrogen) atoms. The molecule has 3 unspecified atom stereocenters.